The molecule has 0 bridgehead atoms. The van der Waals surface area contributed by atoms with Gasteiger partial charge in [0.15, 0.2) is 0 Å². The molecule has 0 radical (unpaired) electrons. The van der Waals surface area contributed by atoms with E-state index in [0.717, 1.165) is 17.2 Å². The van der Waals surface area contributed by atoms with Crippen LogP contribution >= 0.6 is 11.8 Å². The molecule has 0 spiro atoms. The number of aromatic nitrogens is 2. The predicted octanol–water partition coefficient (Wildman–Crippen LogP) is 2.86. The molecule has 21 heavy (non-hydrogen) atoms. The first-order chi connectivity index (χ1) is 10.3. The van der Waals surface area contributed by atoms with E-state index in [0.29, 0.717) is 17.7 Å². The van der Waals surface area contributed by atoms with Gasteiger partial charge in [-0.1, -0.05) is 12.1 Å². The number of hydrogen-bond donors (Lipinski definition) is 1. The quantitative estimate of drug-likeness (QED) is 0.504. The Morgan fingerprint density at radius 1 is 1.33 bits per heavy atom. The van der Waals surface area contributed by atoms with Crippen molar-refractivity contribution in [2.75, 3.05) is 11.1 Å². The fraction of sp³-hybridized carbons (Fsp3) is 0.200. The zero-order valence-electron chi connectivity index (χ0n) is 11.3. The van der Waals surface area contributed by atoms with E-state index in [1.165, 1.54) is 6.33 Å². The summed E-state index contributed by atoms with van der Waals surface area (Å²) in [6, 6.07) is 10.9. The van der Waals surface area contributed by atoms with Crippen molar-refractivity contribution in [3.8, 4) is 6.07 Å². The summed E-state index contributed by atoms with van der Waals surface area (Å²) in [5.74, 6) is 0.727. The first-order valence-corrected chi connectivity index (χ1v) is 7.46. The van der Waals surface area contributed by atoms with Gasteiger partial charge in [-0.2, -0.15) is 5.26 Å². The van der Waals surface area contributed by atoms with Gasteiger partial charge in [-0.05, 0) is 30.4 Å². The van der Waals surface area contributed by atoms with Crippen molar-refractivity contribution >= 4 is 23.4 Å². The van der Waals surface area contributed by atoms with Crippen LogP contribution in [0.15, 0.2) is 47.9 Å². The standard InChI is InChI=1S/C15H14N4OS/c16-10-12-4-1-2-5-13(12)19-14(20)6-3-9-21-15-7-8-17-11-18-15/h1-2,4-5,7-8,11H,3,6,9H2,(H,19,20). The summed E-state index contributed by atoms with van der Waals surface area (Å²) in [5.41, 5.74) is 1.04. The monoisotopic (exact) mass is 298 g/mol. The molecule has 1 aromatic carbocycles. The summed E-state index contributed by atoms with van der Waals surface area (Å²) in [6.45, 7) is 0. The molecule has 0 saturated carbocycles. The van der Waals surface area contributed by atoms with Gasteiger partial charge in [-0.3, -0.25) is 4.79 Å². The van der Waals surface area contributed by atoms with E-state index in [1.807, 2.05) is 6.07 Å². The van der Waals surface area contributed by atoms with Crippen LogP contribution in [0.5, 0.6) is 0 Å². The summed E-state index contributed by atoms with van der Waals surface area (Å²) in [6.07, 6.45) is 4.36. The van der Waals surface area contributed by atoms with Gasteiger partial charge in [0.05, 0.1) is 16.3 Å². The maximum Gasteiger partial charge on any atom is 0.224 e. The van der Waals surface area contributed by atoms with Crippen molar-refractivity contribution in [1.29, 1.82) is 5.26 Å². The average Bonchev–Trinajstić information content (AvgIpc) is 2.53. The van der Waals surface area contributed by atoms with Gasteiger partial charge >= 0.3 is 0 Å². The molecule has 6 heteroatoms. The molecule has 1 amide bonds. The van der Waals surface area contributed by atoms with Crippen LogP contribution in [-0.2, 0) is 4.79 Å². The lowest BCUT2D eigenvalue weighted by Crippen LogP contribution is -2.12. The highest BCUT2D eigenvalue weighted by molar-refractivity contribution is 7.99. The molecule has 1 heterocycles. The zero-order chi connectivity index (χ0) is 14.9. The van der Waals surface area contributed by atoms with Crippen LogP contribution in [0.1, 0.15) is 18.4 Å². The normalized spacial score (nSPS) is 9.86. The first-order valence-electron chi connectivity index (χ1n) is 6.47. The Kier molecular flexibility index (Phi) is 5.73. The van der Waals surface area contributed by atoms with Crippen molar-refractivity contribution in [2.24, 2.45) is 0 Å². The smallest absolute Gasteiger partial charge is 0.224 e. The molecule has 1 aromatic heterocycles. The lowest BCUT2D eigenvalue weighted by Gasteiger charge is -2.06. The second-order valence-electron chi connectivity index (χ2n) is 4.21. The summed E-state index contributed by atoms with van der Waals surface area (Å²) in [7, 11) is 0. The van der Waals surface area contributed by atoms with Crippen LogP contribution < -0.4 is 5.32 Å². The number of carbonyl (C=O) groups is 1. The van der Waals surface area contributed by atoms with Crippen LogP contribution in [0.25, 0.3) is 0 Å². The van der Waals surface area contributed by atoms with Crippen LogP contribution in [0, 0.1) is 11.3 Å². The minimum atomic E-state index is -0.0824. The Hall–Kier alpha value is -2.39. The third-order valence-electron chi connectivity index (χ3n) is 2.67. The maximum absolute atomic E-state index is 11.8. The third kappa shape index (κ3) is 4.89. The van der Waals surface area contributed by atoms with Crippen LogP contribution in [0.2, 0.25) is 0 Å². The number of nitriles is 1. The molecule has 0 aliphatic rings. The van der Waals surface area contributed by atoms with Gasteiger partial charge in [-0.25, -0.2) is 9.97 Å². The summed E-state index contributed by atoms with van der Waals surface area (Å²) in [4.78, 5) is 19.8. The van der Waals surface area contributed by atoms with E-state index in [9.17, 15) is 4.79 Å². The van der Waals surface area contributed by atoms with Crippen molar-refractivity contribution in [2.45, 2.75) is 17.9 Å². The van der Waals surface area contributed by atoms with Crippen LogP contribution in [-0.4, -0.2) is 21.6 Å². The third-order valence-corrected chi connectivity index (χ3v) is 3.70. The fourth-order valence-corrected chi connectivity index (χ4v) is 2.45. The van der Waals surface area contributed by atoms with Gasteiger partial charge in [0.2, 0.25) is 5.91 Å². The highest BCUT2D eigenvalue weighted by Gasteiger charge is 2.06. The molecular weight excluding hydrogens is 284 g/mol. The first kappa shape index (κ1) is 15.0. The van der Waals surface area contributed by atoms with Crippen LogP contribution in [0.3, 0.4) is 0 Å². The second kappa shape index (κ2) is 8.02. The van der Waals surface area contributed by atoms with E-state index in [-0.39, 0.29) is 5.91 Å². The molecular formula is C15H14N4OS. The minimum Gasteiger partial charge on any atom is -0.325 e. The number of anilines is 1. The number of carbonyl (C=O) groups excluding carboxylic acids is 1. The molecule has 5 nitrogen and oxygen atoms in total. The topological polar surface area (TPSA) is 78.7 Å². The Balaban J connectivity index is 1.74. The van der Waals surface area contributed by atoms with Crippen molar-refractivity contribution in [1.82, 2.24) is 9.97 Å². The van der Waals surface area contributed by atoms with Crippen LogP contribution in [0.4, 0.5) is 5.69 Å². The maximum atomic E-state index is 11.8. The number of amides is 1. The molecule has 0 fully saturated rings. The average molecular weight is 298 g/mol. The lowest BCUT2D eigenvalue weighted by atomic mass is 10.2. The van der Waals surface area contributed by atoms with Crippen molar-refractivity contribution in [3.63, 3.8) is 0 Å². The molecule has 2 rings (SSSR count). The Morgan fingerprint density at radius 2 is 2.19 bits per heavy atom. The lowest BCUT2D eigenvalue weighted by molar-refractivity contribution is -0.116. The highest BCUT2D eigenvalue weighted by atomic mass is 32.2. The highest BCUT2D eigenvalue weighted by Crippen LogP contribution is 2.17. The predicted molar refractivity (Wildman–Crippen MR) is 81.8 cm³/mol. The number of nitrogens with one attached hydrogen (secondary N) is 1. The SMILES string of the molecule is N#Cc1ccccc1NC(=O)CCCSc1ccncn1. The Bertz CT molecular complexity index is 640. The van der Waals surface area contributed by atoms with E-state index >= 15 is 0 Å². The number of thioether (sulfide) groups is 1. The summed E-state index contributed by atoms with van der Waals surface area (Å²) in [5, 5.41) is 12.6. The number of para-hydroxylation sites is 1. The van der Waals surface area contributed by atoms with Gasteiger partial charge in [-0.15, -0.1) is 11.8 Å². The van der Waals surface area contributed by atoms with E-state index in [4.69, 9.17) is 5.26 Å². The molecule has 0 unspecified atom stereocenters. The van der Waals surface area contributed by atoms with E-state index < -0.39 is 0 Å². The molecule has 0 aliphatic carbocycles. The molecule has 1 N–H and O–H groups in total. The fourth-order valence-electron chi connectivity index (χ4n) is 1.68. The van der Waals surface area contributed by atoms with Crippen molar-refractivity contribution < 1.29 is 4.79 Å². The molecule has 0 aliphatic heterocycles. The Morgan fingerprint density at radius 3 is 2.95 bits per heavy atom. The Labute approximate surface area is 127 Å². The molecule has 2 aromatic rings. The van der Waals surface area contributed by atoms with E-state index in [1.54, 1.807) is 42.2 Å². The van der Waals surface area contributed by atoms with Gasteiger partial charge in [0.25, 0.3) is 0 Å². The molecule has 0 saturated heterocycles. The summed E-state index contributed by atoms with van der Waals surface area (Å²) >= 11 is 1.59. The number of benzene rings is 1. The number of hydrogen-bond acceptors (Lipinski definition) is 5. The summed E-state index contributed by atoms with van der Waals surface area (Å²) < 4.78 is 0. The zero-order valence-corrected chi connectivity index (χ0v) is 12.1. The minimum absolute atomic E-state index is 0.0824. The second-order valence-corrected chi connectivity index (χ2v) is 5.32. The van der Waals surface area contributed by atoms with Gasteiger partial charge in [0, 0.05) is 12.6 Å². The molecule has 0 atom stereocenters. The van der Waals surface area contributed by atoms with Crippen molar-refractivity contribution in [3.05, 3.63) is 48.4 Å². The largest absolute Gasteiger partial charge is 0.325 e. The number of nitrogens with zero attached hydrogens (tertiary/aromatic N) is 3. The molecule has 106 valence electrons. The van der Waals surface area contributed by atoms with E-state index in [2.05, 4.69) is 21.4 Å². The number of rotatable bonds is 6. The van der Waals surface area contributed by atoms with Gasteiger partial charge in [0.1, 0.15) is 12.4 Å². The van der Waals surface area contributed by atoms with Gasteiger partial charge < -0.3 is 5.32 Å².